The van der Waals surface area contributed by atoms with Crippen molar-refractivity contribution in [3.05, 3.63) is 58.7 Å². The van der Waals surface area contributed by atoms with Gasteiger partial charge in [-0.3, -0.25) is 14.6 Å². The molecule has 0 aromatic carbocycles. The Hall–Kier alpha value is -3.44. The van der Waals surface area contributed by atoms with Crippen molar-refractivity contribution in [1.29, 1.82) is 5.26 Å². The largest absolute Gasteiger partial charge is 0.383 e. The summed E-state index contributed by atoms with van der Waals surface area (Å²) in [5.41, 5.74) is 3.57. The van der Waals surface area contributed by atoms with Crippen molar-refractivity contribution in [2.75, 3.05) is 26.8 Å². The standard InChI is InChI=1S/C25H31N5O3/c1-17-13-21(19(3)30(17)18(2)16-33-4)14-22(15-26)24(31)28-23-7-11-29(12-8-23)25(32)20-5-9-27-10-6-20/h5-6,9-10,13-14,18,23H,7-8,11-12,16H2,1-4H3,(H,28,31)/b22-14-. The number of nitriles is 1. The topological polar surface area (TPSA) is 100 Å². The lowest BCUT2D eigenvalue weighted by Gasteiger charge is -2.32. The molecule has 1 unspecified atom stereocenters. The number of carbonyl (C=O) groups is 2. The maximum atomic E-state index is 12.8. The summed E-state index contributed by atoms with van der Waals surface area (Å²) in [5, 5.41) is 12.6. The Bertz CT molecular complexity index is 1060. The Morgan fingerprint density at radius 1 is 1.30 bits per heavy atom. The molecule has 8 heteroatoms. The third kappa shape index (κ3) is 5.68. The average molecular weight is 450 g/mol. The zero-order valence-electron chi connectivity index (χ0n) is 19.7. The van der Waals surface area contributed by atoms with Gasteiger partial charge in [-0.15, -0.1) is 0 Å². The Morgan fingerprint density at radius 3 is 2.58 bits per heavy atom. The van der Waals surface area contributed by atoms with Gasteiger partial charge in [0.25, 0.3) is 11.8 Å². The van der Waals surface area contributed by atoms with E-state index >= 15 is 0 Å². The second kappa shape index (κ2) is 10.9. The molecule has 2 aromatic rings. The fourth-order valence-corrected chi connectivity index (χ4v) is 4.41. The van der Waals surface area contributed by atoms with E-state index in [1.54, 1.807) is 42.6 Å². The minimum Gasteiger partial charge on any atom is -0.383 e. The van der Waals surface area contributed by atoms with Crippen LogP contribution in [0.25, 0.3) is 6.08 Å². The number of amides is 2. The van der Waals surface area contributed by atoms with Gasteiger partial charge in [0.2, 0.25) is 0 Å². The first-order valence-electron chi connectivity index (χ1n) is 11.1. The van der Waals surface area contributed by atoms with Gasteiger partial charge in [0.1, 0.15) is 11.6 Å². The van der Waals surface area contributed by atoms with Crippen LogP contribution in [0.3, 0.4) is 0 Å². The predicted molar refractivity (Wildman–Crippen MR) is 125 cm³/mol. The van der Waals surface area contributed by atoms with Crippen LogP contribution in [0.4, 0.5) is 0 Å². The highest BCUT2D eigenvalue weighted by Gasteiger charge is 2.25. The van der Waals surface area contributed by atoms with Crippen LogP contribution in [-0.2, 0) is 9.53 Å². The number of likely N-dealkylation sites (tertiary alicyclic amines) is 1. The molecule has 3 rings (SSSR count). The summed E-state index contributed by atoms with van der Waals surface area (Å²) in [6, 6.07) is 7.50. The Balaban J connectivity index is 1.63. The number of hydrogen-bond acceptors (Lipinski definition) is 5. The molecule has 33 heavy (non-hydrogen) atoms. The van der Waals surface area contributed by atoms with E-state index < -0.39 is 0 Å². The van der Waals surface area contributed by atoms with Crippen LogP contribution in [-0.4, -0.2) is 59.1 Å². The maximum Gasteiger partial charge on any atom is 0.262 e. The highest BCUT2D eigenvalue weighted by Crippen LogP contribution is 2.23. The van der Waals surface area contributed by atoms with Gasteiger partial charge in [-0.25, -0.2) is 0 Å². The van der Waals surface area contributed by atoms with Crippen molar-refractivity contribution >= 4 is 17.9 Å². The van der Waals surface area contributed by atoms with Crippen molar-refractivity contribution in [2.45, 2.75) is 45.7 Å². The molecule has 1 fully saturated rings. The number of hydrogen-bond donors (Lipinski definition) is 1. The molecule has 1 aliphatic rings. The zero-order chi connectivity index (χ0) is 24.0. The van der Waals surface area contributed by atoms with E-state index in [2.05, 4.69) is 21.8 Å². The average Bonchev–Trinajstić information content (AvgIpc) is 3.10. The van der Waals surface area contributed by atoms with Crippen LogP contribution in [0, 0.1) is 25.2 Å². The molecule has 1 saturated heterocycles. The summed E-state index contributed by atoms with van der Waals surface area (Å²) in [4.78, 5) is 31.1. The summed E-state index contributed by atoms with van der Waals surface area (Å²) in [6.45, 7) is 7.73. The van der Waals surface area contributed by atoms with E-state index in [1.807, 2.05) is 26.0 Å². The summed E-state index contributed by atoms with van der Waals surface area (Å²) >= 11 is 0. The van der Waals surface area contributed by atoms with Crippen molar-refractivity contribution in [2.24, 2.45) is 0 Å². The molecule has 0 saturated carbocycles. The lowest BCUT2D eigenvalue weighted by molar-refractivity contribution is -0.117. The number of methoxy groups -OCH3 is 1. The number of piperidine rings is 1. The molecule has 1 aliphatic heterocycles. The van der Waals surface area contributed by atoms with Crippen LogP contribution in [0.15, 0.2) is 36.2 Å². The molecule has 1 atom stereocenters. The number of nitrogens with one attached hydrogen (secondary N) is 1. The SMILES string of the molecule is COCC(C)n1c(C)cc(/C=C(/C#N)C(=O)NC2CCN(C(=O)c3ccncc3)CC2)c1C. The third-order valence-electron chi connectivity index (χ3n) is 6.08. The third-order valence-corrected chi connectivity index (χ3v) is 6.08. The molecular formula is C25H31N5O3. The van der Waals surface area contributed by atoms with Crippen molar-refractivity contribution < 1.29 is 14.3 Å². The van der Waals surface area contributed by atoms with Gasteiger partial charge in [-0.2, -0.15) is 5.26 Å². The molecule has 1 N–H and O–H groups in total. The minimum absolute atomic E-state index is 0.0298. The fraction of sp³-hybridized carbons (Fsp3) is 0.440. The van der Waals surface area contributed by atoms with E-state index in [-0.39, 0.29) is 29.5 Å². The lowest BCUT2D eigenvalue weighted by Crippen LogP contribution is -2.46. The molecule has 174 valence electrons. The number of aromatic nitrogens is 2. The molecular weight excluding hydrogens is 418 g/mol. The second-order valence-corrected chi connectivity index (χ2v) is 8.45. The normalized spacial score (nSPS) is 15.7. The molecule has 8 nitrogen and oxygen atoms in total. The van der Waals surface area contributed by atoms with E-state index in [0.717, 1.165) is 17.0 Å². The highest BCUT2D eigenvalue weighted by atomic mass is 16.5. The summed E-state index contributed by atoms with van der Waals surface area (Å²) < 4.78 is 7.42. The Kier molecular flexibility index (Phi) is 8.01. The molecule has 2 aromatic heterocycles. The van der Waals surface area contributed by atoms with E-state index in [9.17, 15) is 14.9 Å². The highest BCUT2D eigenvalue weighted by molar-refractivity contribution is 6.02. The van der Waals surface area contributed by atoms with E-state index in [1.165, 1.54) is 0 Å². The first-order chi connectivity index (χ1) is 15.8. The van der Waals surface area contributed by atoms with E-state index in [0.29, 0.717) is 38.1 Å². The fourth-order valence-electron chi connectivity index (χ4n) is 4.41. The van der Waals surface area contributed by atoms with Crippen LogP contribution in [0.1, 0.15) is 53.1 Å². The number of rotatable bonds is 7. The molecule has 0 aliphatic carbocycles. The van der Waals surface area contributed by atoms with Gasteiger partial charge >= 0.3 is 0 Å². The summed E-state index contributed by atoms with van der Waals surface area (Å²) in [7, 11) is 1.67. The van der Waals surface area contributed by atoms with E-state index in [4.69, 9.17) is 4.74 Å². The number of carbonyl (C=O) groups excluding carboxylic acids is 2. The van der Waals surface area contributed by atoms with Crippen LogP contribution in [0.5, 0.6) is 0 Å². The molecule has 0 spiro atoms. The van der Waals surface area contributed by atoms with Gasteiger partial charge in [0.05, 0.1) is 12.6 Å². The van der Waals surface area contributed by atoms with Gasteiger partial charge in [-0.1, -0.05) is 0 Å². The lowest BCUT2D eigenvalue weighted by atomic mass is 10.0. The number of ether oxygens (including phenoxy) is 1. The number of aryl methyl sites for hydroxylation is 1. The van der Waals surface area contributed by atoms with Gasteiger partial charge in [0, 0.05) is 55.6 Å². The Labute approximate surface area is 194 Å². The Morgan fingerprint density at radius 2 is 1.97 bits per heavy atom. The van der Waals surface area contributed by atoms with Crippen LogP contribution < -0.4 is 5.32 Å². The zero-order valence-corrected chi connectivity index (χ0v) is 19.7. The minimum atomic E-state index is -0.383. The maximum absolute atomic E-state index is 12.8. The van der Waals surface area contributed by atoms with Crippen molar-refractivity contribution in [3.63, 3.8) is 0 Å². The first-order valence-corrected chi connectivity index (χ1v) is 11.1. The molecule has 0 radical (unpaired) electrons. The summed E-state index contributed by atoms with van der Waals surface area (Å²) in [5.74, 6) is -0.413. The monoisotopic (exact) mass is 449 g/mol. The summed E-state index contributed by atoms with van der Waals surface area (Å²) in [6.07, 6.45) is 6.14. The number of pyridine rings is 1. The van der Waals surface area contributed by atoms with Gasteiger partial charge in [0.15, 0.2) is 0 Å². The van der Waals surface area contributed by atoms with Gasteiger partial charge < -0.3 is 19.5 Å². The van der Waals surface area contributed by atoms with Crippen LogP contribution >= 0.6 is 0 Å². The molecule has 0 bridgehead atoms. The second-order valence-electron chi connectivity index (χ2n) is 8.45. The molecule has 3 heterocycles. The molecule has 2 amide bonds. The smallest absolute Gasteiger partial charge is 0.262 e. The first kappa shape index (κ1) is 24.2. The van der Waals surface area contributed by atoms with Gasteiger partial charge in [-0.05, 0) is 63.5 Å². The van der Waals surface area contributed by atoms with Crippen molar-refractivity contribution in [3.8, 4) is 6.07 Å². The predicted octanol–water partition coefficient (Wildman–Crippen LogP) is 3.04. The quantitative estimate of drug-likeness (QED) is 0.517. The van der Waals surface area contributed by atoms with Crippen molar-refractivity contribution in [1.82, 2.24) is 19.8 Å². The number of nitrogens with zero attached hydrogens (tertiary/aromatic N) is 4. The van der Waals surface area contributed by atoms with Crippen LogP contribution in [0.2, 0.25) is 0 Å².